The Morgan fingerprint density at radius 1 is 1.19 bits per heavy atom. The van der Waals surface area contributed by atoms with Gasteiger partial charge in [-0.3, -0.25) is 0 Å². The van der Waals surface area contributed by atoms with Gasteiger partial charge in [-0.25, -0.2) is 0 Å². The van der Waals surface area contributed by atoms with Crippen molar-refractivity contribution in [3.8, 4) is 5.75 Å². The van der Waals surface area contributed by atoms with Gasteiger partial charge in [-0.15, -0.1) is 0 Å². The molecular formula is C16H25BO4. The van der Waals surface area contributed by atoms with E-state index in [1.54, 1.807) is 0 Å². The molecule has 1 aliphatic heterocycles. The van der Waals surface area contributed by atoms with E-state index in [2.05, 4.69) is 0 Å². The van der Waals surface area contributed by atoms with Crippen LogP contribution in [0.3, 0.4) is 0 Å². The normalized spacial score (nSPS) is 21.3. The summed E-state index contributed by atoms with van der Waals surface area (Å²) < 4.78 is 17.7. The van der Waals surface area contributed by atoms with E-state index in [0.29, 0.717) is 13.0 Å². The molecule has 2 rings (SSSR count). The van der Waals surface area contributed by atoms with E-state index in [4.69, 9.17) is 14.0 Å². The third-order valence-corrected chi connectivity index (χ3v) is 4.30. The Morgan fingerprint density at radius 3 is 2.38 bits per heavy atom. The van der Waals surface area contributed by atoms with Gasteiger partial charge in [-0.2, -0.15) is 0 Å². The lowest BCUT2D eigenvalue weighted by Crippen LogP contribution is -2.41. The average molecular weight is 292 g/mol. The molecule has 0 aromatic heterocycles. The molecule has 116 valence electrons. The molecule has 1 aromatic carbocycles. The van der Waals surface area contributed by atoms with E-state index in [1.807, 2.05) is 58.9 Å². The summed E-state index contributed by atoms with van der Waals surface area (Å²) in [5.41, 5.74) is 0.219. The molecule has 1 unspecified atom stereocenters. The Bertz CT molecular complexity index is 471. The molecule has 0 spiro atoms. The molecule has 1 saturated heterocycles. The summed E-state index contributed by atoms with van der Waals surface area (Å²) in [5.74, 6) is 0.717. The van der Waals surface area contributed by atoms with Gasteiger partial charge in [0.1, 0.15) is 12.4 Å². The maximum atomic E-state index is 9.56. The quantitative estimate of drug-likeness (QED) is 0.845. The fourth-order valence-corrected chi connectivity index (χ4v) is 2.04. The standard InChI is InChI=1S/C16H25BO4/c1-6-13(18)11-19-14-9-7-8-12(10-14)17-20-15(2,3)16(4,5)21-17/h7-10,13,18H,6,11H2,1-5H3. The predicted molar refractivity (Wildman–Crippen MR) is 84.0 cm³/mol. The van der Waals surface area contributed by atoms with Crippen molar-refractivity contribution in [1.29, 1.82) is 0 Å². The molecule has 0 saturated carbocycles. The molecule has 0 amide bonds. The third kappa shape index (κ3) is 3.60. The Labute approximate surface area is 127 Å². The number of aliphatic hydroxyl groups excluding tert-OH is 1. The largest absolute Gasteiger partial charge is 0.494 e. The summed E-state index contributed by atoms with van der Waals surface area (Å²) in [6.45, 7) is 10.4. The molecule has 21 heavy (non-hydrogen) atoms. The highest BCUT2D eigenvalue weighted by Gasteiger charge is 2.51. The summed E-state index contributed by atoms with van der Waals surface area (Å²) in [4.78, 5) is 0. The number of ether oxygens (including phenoxy) is 1. The van der Waals surface area contributed by atoms with Crippen molar-refractivity contribution in [1.82, 2.24) is 0 Å². The summed E-state index contributed by atoms with van der Waals surface area (Å²) in [6.07, 6.45) is 0.238. The van der Waals surface area contributed by atoms with E-state index in [0.717, 1.165) is 11.2 Å². The number of aliphatic hydroxyl groups is 1. The lowest BCUT2D eigenvalue weighted by atomic mass is 9.79. The van der Waals surface area contributed by atoms with Gasteiger partial charge in [0, 0.05) is 0 Å². The second-order valence-corrected chi connectivity index (χ2v) is 6.53. The van der Waals surface area contributed by atoms with Gasteiger partial charge in [-0.1, -0.05) is 19.1 Å². The van der Waals surface area contributed by atoms with Crippen LogP contribution in [0.25, 0.3) is 0 Å². The van der Waals surface area contributed by atoms with Gasteiger partial charge >= 0.3 is 7.12 Å². The van der Waals surface area contributed by atoms with E-state index in [9.17, 15) is 5.11 Å². The van der Waals surface area contributed by atoms with Crippen molar-refractivity contribution in [2.75, 3.05) is 6.61 Å². The van der Waals surface area contributed by atoms with Crippen molar-refractivity contribution >= 4 is 12.6 Å². The van der Waals surface area contributed by atoms with Gasteiger partial charge in [0.25, 0.3) is 0 Å². The molecule has 0 radical (unpaired) electrons. The molecule has 0 aliphatic carbocycles. The summed E-state index contributed by atoms with van der Waals surface area (Å²) in [6, 6.07) is 7.65. The fourth-order valence-electron chi connectivity index (χ4n) is 2.04. The first-order chi connectivity index (χ1) is 9.75. The molecule has 4 nitrogen and oxygen atoms in total. The number of hydrogen-bond acceptors (Lipinski definition) is 4. The van der Waals surface area contributed by atoms with Crippen LogP contribution in [0.1, 0.15) is 41.0 Å². The van der Waals surface area contributed by atoms with Crippen LogP contribution in [0.4, 0.5) is 0 Å². The van der Waals surface area contributed by atoms with Crippen LogP contribution in [0.5, 0.6) is 5.75 Å². The van der Waals surface area contributed by atoms with Gasteiger partial charge in [0.2, 0.25) is 0 Å². The van der Waals surface area contributed by atoms with Crippen molar-refractivity contribution < 1.29 is 19.2 Å². The lowest BCUT2D eigenvalue weighted by Gasteiger charge is -2.32. The summed E-state index contributed by atoms with van der Waals surface area (Å²) >= 11 is 0. The van der Waals surface area contributed by atoms with Crippen molar-refractivity contribution in [3.63, 3.8) is 0 Å². The van der Waals surface area contributed by atoms with Gasteiger partial charge in [0.05, 0.1) is 17.3 Å². The van der Waals surface area contributed by atoms with Crippen molar-refractivity contribution in [2.45, 2.75) is 58.3 Å². The fraction of sp³-hybridized carbons (Fsp3) is 0.625. The van der Waals surface area contributed by atoms with Crippen LogP contribution in [0.15, 0.2) is 24.3 Å². The summed E-state index contributed by atoms with van der Waals surface area (Å²) in [5, 5.41) is 9.56. The highest BCUT2D eigenvalue weighted by molar-refractivity contribution is 6.62. The van der Waals surface area contributed by atoms with E-state index >= 15 is 0 Å². The number of hydrogen-bond donors (Lipinski definition) is 1. The zero-order valence-electron chi connectivity index (χ0n) is 13.6. The van der Waals surface area contributed by atoms with Crippen LogP contribution in [0.2, 0.25) is 0 Å². The van der Waals surface area contributed by atoms with Crippen LogP contribution in [-0.4, -0.2) is 36.1 Å². The second-order valence-electron chi connectivity index (χ2n) is 6.53. The minimum Gasteiger partial charge on any atom is -0.491 e. The molecular weight excluding hydrogens is 267 g/mol. The minimum absolute atomic E-state index is 0.295. The second kappa shape index (κ2) is 5.99. The molecule has 1 aliphatic rings. The lowest BCUT2D eigenvalue weighted by molar-refractivity contribution is 0.00578. The first kappa shape index (κ1) is 16.3. The van der Waals surface area contributed by atoms with E-state index in [-0.39, 0.29) is 11.2 Å². The first-order valence-electron chi connectivity index (χ1n) is 7.51. The van der Waals surface area contributed by atoms with Crippen LogP contribution < -0.4 is 10.2 Å². The monoisotopic (exact) mass is 292 g/mol. The molecule has 1 aromatic rings. The van der Waals surface area contributed by atoms with Crippen LogP contribution >= 0.6 is 0 Å². The zero-order chi connectivity index (χ0) is 15.7. The van der Waals surface area contributed by atoms with Crippen LogP contribution in [-0.2, 0) is 9.31 Å². The molecule has 1 heterocycles. The van der Waals surface area contributed by atoms with Crippen molar-refractivity contribution in [3.05, 3.63) is 24.3 Å². The minimum atomic E-state index is -0.439. The topological polar surface area (TPSA) is 47.9 Å². The van der Waals surface area contributed by atoms with Crippen molar-refractivity contribution in [2.24, 2.45) is 0 Å². The Hall–Kier alpha value is -1.04. The van der Waals surface area contributed by atoms with Gasteiger partial charge in [0.15, 0.2) is 0 Å². The number of rotatable bonds is 5. The average Bonchev–Trinajstić information content (AvgIpc) is 2.65. The van der Waals surface area contributed by atoms with Crippen LogP contribution in [0, 0.1) is 0 Å². The summed E-state index contributed by atoms with van der Waals surface area (Å²) in [7, 11) is -0.394. The van der Waals surface area contributed by atoms with Gasteiger partial charge < -0.3 is 19.2 Å². The maximum absolute atomic E-state index is 9.56. The number of benzene rings is 1. The highest BCUT2D eigenvalue weighted by atomic mass is 16.7. The molecule has 0 bridgehead atoms. The Kier molecular flexibility index (Phi) is 4.66. The highest BCUT2D eigenvalue weighted by Crippen LogP contribution is 2.36. The SMILES string of the molecule is CCC(O)COc1cccc(B2OC(C)(C)C(C)(C)O2)c1. The molecule has 1 atom stereocenters. The van der Waals surface area contributed by atoms with E-state index < -0.39 is 13.2 Å². The molecule has 1 fully saturated rings. The van der Waals surface area contributed by atoms with E-state index in [1.165, 1.54) is 0 Å². The smallest absolute Gasteiger partial charge is 0.491 e. The Balaban J connectivity index is 2.08. The molecule has 5 heteroatoms. The van der Waals surface area contributed by atoms with Gasteiger partial charge in [-0.05, 0) is 51.7 Å². The maximum Gasteiger partial charge on any atom is 0.494 e. The third-order valence-electron chi connectivity index (χ3n) is 4.30. The zero-order valence-corrected chi connectivity index (χ0v) is 13.6. The Morgan fingerprint density at radius 2 is 1.81 bits per heavy atom. The first-order valence-corrected chi connectivity index (χ1v) is 7.51. The predicted octanol–water partition coefficient (Wildman–Crippen LogP) is 2.14. The molecule has 1 N–H and O–H groups in total.